The predicted molar refractivity (Wildman–Crippen MR) is 76.5 cm³/mol. The molecule has 0 heterocycles. The van der Waals surface area contributed by atoms with Crippen molar-refractivity contribution in [2.45, 2.75) is 72.3 Å². The largest absolute Gasteiger partial charge is 0.381 e. The van der Waals surface area contributed by atoms with E-state index in [1.807, 2.05) is 0 Å². The van der Waals surface area contributed by atoms with E-state index in [1.54, 1.807) is 0 Å². The second-order valence-corrected chi connectivity index (χ2v) is 5.38. The molecular formula is C15H33NO. The van der Waals surface area contributed by atoms with Crippen LogP contribution in [0.2, 0.25) is 0 Å². The van der Waals surface area contributed by atoms with E-state index in [9.17, 15) is 0 Å². The topological polar surface area (TPSA) is 21.3 Å². The van der Waals surface area contributed by atoms with Crippen molar-refractivity contribution >= 4 is 0 Å². The Kier molecular flexibility index (Phi) is 12.3. The first-order valence-electron chi connectivity index (χ1n) is 7.51. The maximum absolute atomic E-state index is 5.65. The van der Waals surface area contributed by atoms with Crippen LogP contribution in [-0.4, -0.2) is 25.8 Å². The predicted octanol–water partition coefficient (Wildman–Crippen LogP) is 4.00. The maximum Gasteiger partial charge on any atom is 0.0480 e. The fourth-order valence-corrected chi connectivity index (χ4v) is 1.81. The van der Waals surface area contributed by atoms with Crippen LogP contribution in [0, 0.1) is 5.92 Å². The van der Waals surface area contributed by atoms with Crippen molar-refractivity contribution in [3.63, 3.8) is 0 Å². The first kappa shape index (κ1) is 16.9. The average molecular weight is 243 g/mol. The van der Waals surface area contributed by atoms with Gasteiger partial charge in [0, 0.05) is 19.3 Å². The molecule has 0 aliphatic rings. The highest BCUT2D eigenvalue weighted by Crippen LogP contribution is 2.09. The summed E-state index contributed by atoms with van der Waals surface area (Å²) in [6.45, 7) is 12.0. The van der Waals surface area contributed by atoms with Crippen molar-refractivity contribution in [3.8, 4) is 0 Å². The minimum Gasteiger partial charge on any atom is -0.381 e. The number of ether oxygens (including phenoxy) is 1. The molecule has 0 spiro atoms. The molecule has 0 saturated heterocycles. The van der Waals surface area contributed by atoms with Gasteiger partial charge >= 0.3 is 0 Å². The number of unbranched alkanes of at least 4 members (excludes halogenated alkanes) is 1. The molecule has 1 N–H and O–H groups in total. The van der Waals surface area contributed by atoms with Crippen molar-refractivity contribution in [1.29, 1.82) is 0 Å². The second kappa shape index (κ2) is 12.4. The van der Waals surface area contributed by atoms with Gasteiger partial charge in [0.2, 0.25) is 0 Å². The Morgan fingerprint density at radius 3 is 2.29 bits per heavy atom. The van der Waals surface area contributed by atoms with Gasteiger partial charge in [0.1, 0.15) is 0 Å². The zero-order valence-electron chi connectivity index (χ0n) is 12.4. The molecule has 0 aliphatic carbocycles. The van der Waals surface area contributed by atoms with E-state index in [4.69, 9.17) is 4.74 Å². The van der Waals surface area contributed by atoms with Gasteiger partial charge in [-0.05, 0) is 44.6 Å². The Labute approximate surface area is 109 Å². The lowest BCUT2D eigenvalue weighted by Crippen LogP contribution is -2.31. The summed E-state index contributed by atoms with van der Waals surface area (Å²) in [6.07, 6.45) is 7.40. The zero-order chi connectivity index (χ0) is 12.9. The molecular weight excluding hydrogens is 210 g/mol. The molecule has 104 valence electrons. The van der Waals surface area contributed by atoms with Gasteiger partial charge < -0.3 is 10.1 Å². The van der Waals surface area contributed by atoms with Gasteiger partial charge in [-0.2, -0.15) is 0 Å². The molecule has 0 aromatic carbocycles. The van der Waals surface area contributed by atoms with Gasteiger partial charge in [-0.1, -0.05) is 34.1 Å². The third-order valence-corrected chi connectivity index (χ3v) is 3.03. The molecule has 0 radical (unpaired) electrons. The monoisotopic (exact) mass is 243 g/mol. The van der Waals surface area contributed by atoms with Crippen molar-refractivity contribution in [1.82, 2.24) is 5.32 Å². The standard InChI is InChI=1S/C15H33NO/c1-5-7-12-17-13-10-15(16-11-6-2)9-8-14(3)4/h14-16H,5-13H2,1-4H3. The Hall–Kier alpha value is -0.0800. The molecule has 0 aromatic rings. The van der Waals surface area contributed by atoms with E-state index < -0.39 is 0 Å². The van der Waals surface area contributed by atoms with Gasteiger partial charge in [-0.25, -0.2) is 0 Å². The molecule has 0 aliphatic heterocycles. The van der Waals surface area contributed by atoms with Crippen LogP contribution in [0.25, 0.3) is 0 Å². The number of hydrogen-bond acceptors (Lipinski definition) is 2. The number of rotatable bonds is 12. The summed E-state index contributed by atoms with van der Waals surface area (Å²) in [7, 11) is 0. The molecule has 1 unspecified atom stereocenters. The Morgan fingerprint density at radius 2 is 1.71 bits per heavy atom. The van der Waals surface area contributed by atoms with Crippen LogP contribution in [-0.2, 0) is 4.74 Å². The average Bonchev–Trinajstić information content (AvgIpc) is 2.31. The quantitative estimate of drug-likeness (QED) is 0.523. The van der Waals surface area contributed by atoms with E-state index in [-0.39, 0.29) is 0 Å². The molecule has 2 nitrogen and oxygen atoms in total. The van der Waals surface area contributed by atoms with Crippen LogP contribution in [0.15, 0.2) is 0 Å². The van der Waals surface area contributed by atoms with Crippen LogP contribution >= 0.6 is 0 Å². The molecule has 1 atom stereocenters. The van der Waals surface area contributed by atoms with Crippen molar-refractivity contribution in [2.75, 3.05) is 19.8 Å². The zero-order valence-corrected chi connectivity index (χ0v) is 12.4. The lowest BCUT2D eigenvalue weighted by atomic mass is 10.0. The van der Waals surface area contributed by atoms with Crippen molar-refractivity contribution < 1.29 is 4.74 Å². The smallest absolute Gasteiger partial charge is 0.0480 e. The molecule has 0 saturated carbocycles. The molecule has 0 fully saturated rings. The van der Waals surface area contributed by atoms with Gasteiger partial charge in [0.25, 0.3) is 0 Å². The SMILES string of the molecule is CCCCOCCC(CCC(C)C)NCCC. The van der Waals surface area contributed by atoms with Crippen molar-refractivity contribution in [3.05, 3.63) is 0 Å². The van der Waals surface area contributed by atoms with Gasteiger partial charge in [-0.3, -0.25) is 0 Å². The van der Waals surface area contributed by atoms with Crippen LogP contribution < -0.4 is 5.32 Å². The highest BCUT2D eigenvalue weighted by Gasteiger charge is 2.08. The maximum atomic E-state index is 5.65. The third kappa shape index (κ3) is 12.2. The second-order valence-electron chi connectivity index (χ2n) is 5.38. The lowest BCUT2D eigenvalue weighted by Gasteiger charge is -2.19. The number of hydrogen-bond donors (Lipinski definition) is 1. The van der Waals surface area contributed by atoms with E-state index in [1.165, 1.54) is 32.1 Å². The van der Waals surface area contributed by atoms with Crippen LogP contribution in [0.4, 0.5) is 0 Å². The van der Waals surface area contributed by atoms with Gasteiger partial charge in [0.15, 0.2) is 0 Å². The van der Waals surface area contributed by atoms with Crippen molar-refractivity contribution in [2.24, 2.45) is 5.92 Å². The summed E-state index contributed by atoms with van der Waals surface area (Å²) in [5.74, 6) is 0.807. The Balaban J connectivity index is 3.61. The minimum absolute atomic E-state index is 0.652. The lowest BCUT2D eigenvalue weighted by molar-refractivity contribution is 0.120. The first-order valence-corrected chi connectivity index (χ1v) is 7.51. The fraction of sp³-hybridized carbons (Fsp3) is 1.00. The van der Waals surface area contributed by atoms with E-state index in [0.29, 0.717) is 6.04 Å². The summed E-state index contributed by atoms with van der Waals surface area (Å²) in [5.41, 5.74) is 0. The van der Waals surface area contributed by atoms with Crippen LogP contribution in [0.1, 0.15) is 66.2 Å². The molecule has 0 aromatic heterocycles. The summed E-state index contributed by atoms with van der Waals surface area (Å²) in [6, 6.07) is 0.652. The highest BCUT2D eigenvalue weighted by atomic mass is 16.5. The molecule has 0 bridgehead atoms. The Morgan fingerprint density at radius 1 is 0.941 bits per heavy atom. The molecule has 0 amide bonds. The summed E-state index contributed by atoms with van der Waals surface area (Å²) < 4.78 is 5.65. The number of nitrogens with one attached hydrogen (secondary N) is 1. The molecule has 17 heavy (non-hydrogen) atoms. The molecule has 2 heteroatoms. The summed E-state index contributed by atoms with van der Waals surface area (Å²) in [4.78, 5) is 0. The van der Waals surface area contributed by atoms with Gasteiger partial charge in [-0.15, -0.1) is 0 Å². The molecule has 0 rings (SSSR count). The van der Waals surface area contributed by atoms with E-state index in [0.717, 1.165) is 32.1 Å². The minimum atomic E-state index is 0.652. The normalized spacial score (nSPS) is 13.2. The van der Waals surface area contributed by atoms with Crippen LogP contribution in [0.5, 0.6) is 0 Å². The third-order valence-electron chi connectivity index (χ3n) is 3.03. The summed E-state index contributed by atoms with van der Waals surface area (Å²) in [5, 5.41) is 3.64. The first-order chi connectivity index (χ1) is 8.20. The van der Waals surface area contributed by atoms with Gasteiger partial charge in [0.05, 0.1) is 0 Å². The van der Waals surface area contributed by atoms with Crippen LogP contribution in [0.3, 0.4) is 0 Å². The van der Waals surface area contributed by atoms with E-state index >= 15 is 0 Å². The Bertz CT molecular complexity index is 148. The fourth-order valence-electron chi connectivity index (χ4n) is 1.81. The van der Waals surface area contributed by atoms with E-state index in [2.05, 4.69) is 33.0 Å². The highest BCUT2D eigenvalue weighted by molar-refractivity contribution is 4.67. The summed E-state index contributed by atoms with van der Waals surface area (Å²) >= 11 is 0.